The van der Waals surface area contributed by atoms with Crippen molar-refractivity contribution >= 4 is 32.5 Å². The minimum atomic E-state index is -3.53. The average molecular weight is 336 g/mol. The van der Waals surface area contributed by atoms with Crippen LogP contribution >= 0.6 is 11.6 Å². The van der Waals surface area contributed by atoms with Gasteiger partial charge in [-0.05, 0) is 23.8 Å². The summed E-state index contributed by atoms with van der Waals surface area (Å²) in [4.78, 5) is 22.5. The molecule has 0 bridgehead atoms. The Bertz CT molecular complexity index is 1030. The van der Waals surface area contributed by atoms with Crippen LogP contribution in [0.3, 0.4) is 0 Å². The molecule has 6 nitrogen and oxygen atoms in total. The molecule has 0 saturated heterocycles. The van der Waals surface area contributed by atoms with E-state index in [1.807, 2.05) is 0 Å². The van der Waals surface area contributed by atoms with Gasteiger partial charge in [-0.25, -0.2) is 18.4 Å². The Morgan fingerprint density at radius 2 is 1.86 bits per heavy atom. The Kier molecular flexibility index (Phi) is 3.46. The summed E-state index contributed by atoms with van der Waals surface area (Å²) in [6, 6.07) is 8.44. The Balaban J connectivity index is 2.21. The van der Waals surface area contributed by atoms with Gasteiger partial charge in [0.25, 0.3) is 5.56 Å². The van der Waals surface area contributed by atoms with Gasteiger partial charge >= 0.3 is 0 Å². The van der Waals surface area contributed by atoms with Crippen molar-refractivity contribution < 1.29 is 8.42 Å². The predicted molar refractivity (Wildman–Crippen MR) is 83.7 cm³/mol. The number of hydrogen-bond donors (Lipinski definition) is 1. The highest BCUT2D eigenvalue weighted by Crippen LogP contribution is 2.21. The third-order valence-corrected chi connectivity index (χ3v) is 4.17. The molecule has 8 heteroatoms. The number of nitrogens with one attached hydrogen (secondary N) is 1. The van der Waals surface area contributed by atoms with Crippen molar-refractivity contribution in [2.24, 2.45) is 0 Å². The number of fused-ring (bicyclic) bond motifs is 1. The third kappa shape index (κ3) is 2.72. The molecule has 1 N–H and O–H groups in total. The first-order valence-electron chi connectivity index (χ1n) is 6.21. The fraction of sp³-hybridized carbons (Fsp3) is 0.0714. The number of sulfone groups is 1. The number of nitrogens with zero attached hydrogens (tertiary/aromatic N) is 2. The van der Waals surface area contributed by atoms with Crippen molar-refractivity contribution in [3.8, 4) is 11.1 Å². The van der Waals surface area contributed by atoms with Crippen LogP contribution in [-0.2, 0) is 9.84 Å². The lowest BCUT2D eigenvalue weighted by atomic mass is 10.1. The number of aromatic amines is 1. The van der Waals surface area contributed by atoms with Gasteiger partial charge in [-0.2, -0.15) is 0 Å². The maximum absolute atomic E-state index is 12.2. The van der Waals surface area contributed by atoms with Gasteiger partial charge < -0.3 is 4.98 Å². The molecule has 0 fully saturated rings. The standard InChI is InChI=1S/C14H10ClN3O3S/c1-22(20,21)14-16-7-9-6-11(13(19)17-12(9)18-14)8-2-4-10(15)5-3-8/h2-7H,1H3,(H,16,17,18,19). The topological polar surface area (TPSA) is 92.8 Å². The lowest BCUT2D eigenvalue weighted by molar-refractivity contribution is 0.593. The van der Waals surface area contributed by atoms with Gasteiger partial charge in [0.15, 0.2) is 0 Å². The molecule has 0 aliphatic carbocycles. The molecule has 3 aromatic rings. The second kappa shape index (κ2) is 5.19. The summed E-state index contributed by atoms with van der Waals surface area (Å²) in [5.41, 5.74) is 0.936. The van der Waals surface area contributed by atoms with Crippen LogP contribution in [0.2, 0.25) is 5.02 Å². The molecule has 0 amide bonds. The average Bonchev–Trinajstić information content (AvgIpc) is 2.46. The van der Waals surface area contributed by atoms with Crippen molar-refractivity contribution in [3.05, 3.63) is 51.9 Å². The highest BCUT2D eigenvalue weighted by molar-refractivity contribution is 7.90. The van der Waals surface area contributed by atoms with E-state index in [9.17, 15) is 13.2 Å². The minimum absolute atomic E-state index is 0.179. The summed E-state index contributed by atoms with van der Waals surface area (Å²) >= 11 is 5.83. The number of hydrogen-bond acceptors (Lipinski definition) is 5. The molecule has 2 heterocycles. The first-order valence-corrected chi connectivity index (χ1v) is 8.47. The van der Waals surface area contributed by atoms with Gasteiger partial charge in [0.2, 0.25) is 15.0 Å². The zero-order valence-corrected chi connectivity index (χ0v) is 12.9. The zero-order valence-electron chi connectivity index (χ0n) is 11.4. The van der Waals surface area contributed by atoms with Gasteiger partial charge in [0.05, 0.1) is 0 Å². The minimum Gasteiger partial charge on any atom is -0.306 e. The van der Waals surface area contributed by atoms with Gasteiger partial charge in [0.1, 0.15) is 5.65 Å². The van der Waals surface area contributed by atoms with Crippen molar-refractivity contribution in [2.75, 3.05) is 6.26 Å². The summed E-state index contributed by atoms with van der Waals surface area (Å²) in [5.74, 6) is 0. The van der Waals surface area contributed by atoms with Crippen LogP contribution in [0.25, 0.3) is 22.2 Å². The van der Waals surface area contributed by atoms with Crippen LogP contribution in [0, 0.1) is 0 Å². The number of rotatable bonds is 2. The molecule has 2 aromatic heterocycles. The first-order chi connectivity index (χ1) is 10.3. The number of aromatic nitrogens is 3. The second-order valence-electron chi connectivity index (χ2n) is 4.75. The first kappa shape index (κ1) is 14.7. The molecular formula is C14H10ClN3O3S. The highest BCUT2D eigenvalue weighted by Gasteiger charge is 2.13. The maximum Gasteiger partial charge on any atom is 0.257 e. The monoisotopic (exact) mass is 335 g/mol. The lowest BCUT2D eigenvalue weighted by Crippen LogP contribution is -2.11. The van der Waals surface area contributed by atoms with E-state index in [-0.39, 0.29) is 16.4 Å². The summed E-state index contributed by atoms with van der Waals surface area (Å²) < 4.78 is 22.9. The fourth-order valence-corrected chi connectivity index (χ4v) is 2.63. The summed E-state index contributed by atoms with van der Waals surface area (Å²) in [5, 5.41) is 0.786. The molecule has 0 saturated carbocycles. The van der Waals surface area contributed by atoms with Crippen LogP contribution in [0.15, 0.2) is 46.5 Å². The summed E-state index contributed by atoms with van der Waals surface area (Å²) in [7, 11) is -3.53. The third-order valence-electron chi connectivity index (χ3n) is 3.06. The summed E-state index contributed by atoms with van der Waals surface area (Å²) in [6.07, 6.45) is 2.38. The van der Waals surface area contributed by atoms with E-state index in [1.54, 1.807) is 30.3 Å². The predicted octanol–water partition coefficient (Wildman–Crippen LogP) is 2.04. The number of benzene rings is 1. The number of halogens is 1. The van der Waals surface area contributed by atoms with Crippen LogP contribution in [-0.4, -0.2) is 29.6 Å². The number of H-pyrrole nitrogens is 1. The molecule has 1 aromatic carbocycles. The molecule has 0 spiro atoms. The summed E-state index contributed by atoms with van der Waals surface area (Å²) in [6.45, 7) is 0. The van der Waals surface area contributed by atoms with Gasteiger partial charge in [-0.1, -0.05) is 23.7 Å². The van der Waals surface area contributed by atoms with E-state index >= 15 is 0 Å². The fourth-order valence-electron chi connectivity index (χ4n) is 2.00. The molecular weight excluding hydrogens is 326 g/mol. The zero-order chi connectivity index (χ0) is 15.9. The van der Waals surface area contributed by atoms with E-state index in [0.29, 0.717) is 21.5 Å². The SMILES string of the molecule is CS(=O)(=O)c1ncc2cc(-c3ccc(Cl)cc3)c(=O)[nH]c2n1. The lowest BCUT2D eigenvalue weighted by Gasteiger charge is -2.04. The molecule has 0 radical (unpaired) electrons. The van der Waals surface area contributed by atoms with Gasteiger partial charge in [-0.15, -0.1) is 0 Å². The highest BCUT2D eigenvalue weighted by atomic mass is 35.5. The van der Waals surface area contributed by atoms with E-state index in [0.717, 1.165) is 6.26 Å². The molecule has 0 aliphatic heterocycles. The van der Waals surface area contributed by atoms with Gasteiger partial charge in [-0.3, -0.25) is 4.79 Å². The quantitative estimate of drug-likeness (QED) is 0.723. The van der Waals surface area contributed by atoms with Crippen LogP contribution in [0.5, 0.6) is 0 Å². The van der Waals surface area contributed by atoms with Crippen molar-refractivity contribution in [1.82, 2.24) is 15.0 Å². The van der Waals surface area contributed by atoms with Crippen LogP contribution < -0.4 is 5.56 Å². The van der Waals surface area contributed by atoms with Crippen molar-refractivity contribution in [2.45, 2.75) is 5.16 Å². The Labute approximate surface area is 130 Å². The van der Waals surface area contributed by atoms with E-state index in [1.165, 1.54) is 6.20 Å². The molecule has 0 unspecified atom stereocenters. The van der Waals surface area contributed by atoms with Crippen LogP contribution in [0.4, 0.5) is 0 Å². The van der Waals surface area contributed by atoms with E-state index in [2.05, 4.69) is 15.0 Å². The molecule has 3 rings (SSSR count). The maximum atomic E-state index is 12.2. The molecule has 22 heavy (non-hydrogen) atoms. The van der Waals surface area contributed by atoms with Crippen molar-refractivity contribution in [1.29, 1.82) is 0 Å². The number of pyridine rings is 1. The normalized spacial score (nSPS) is 11.7. The molecule has 0 aliphatic rings. The van der Waals surface area contributed by atoms with E-state index in [4.69, 9.17) is 11.6 Å². The largest absolute Gasteiger partial charge is 0.306 e. The molecule has 112 valence electrons. The smallest absolute Gasteiger partial charge is 0.257 e. The Morgan fingerprint density at radius 1 is 1.18 bits per heavy atom. The van der Waals surface area contributed by atoms with Crippen LogP contribution in [0.1, 0.15) is 0 Å². The van der Waals surface area contributed by atoms with E-state index < -0.39 is 9.84 Å². The molecule has 0 atom stereocenters. The second-order valence-corrected chi connectivity index (χ2v) is 7.09. The Hall–Kier alpha value is -2.25. The van der Waals surface area contributed by atoms with Crippen molar-refractivity contribution in [3.63, 3.8) is 0 Å². The Morgan fingerprint density at radius 3 is 2.50 bits per heavy atom. The van der Waals surface area contributed by atoms with Gasteiger partial charge in [0, 0.05) is 28.4 Å².